The van der Waals surface area contributed by atoms with E-state index in [0.717, 1.165) is 25.9 Å². The van der Waals surface area contributed by atoms with E-state index in [4.69, 9.17) is 11.5 Å². The van der Waals surface area contributed by atoms with Gasteiger partial charge in [-0.2, -0.15) is 0 Å². The maximum Gasteiger partial charge on any atom is 0.225 e. The largest absolute Gasteiger partial charge is 0.328 e. The molecule has 2 aliphatic heterocycles. The molecule has 94 valence electrons. The molecule has 2 saturated heterocycles. The van der Waals surface area contributed by atoms with Crippen molar-refractivity contribution in [1.82, 2.24) is 15.5 Å². The number of piperidine rings is 1. The van der Waals surface area contributed by atoms with E-state index in [1.807, 2.05) is 0 Å². The number of nitrogens with zero attached hydrogens (tertiary/aromatic N) is 1. The number of carbonyl (C=O) groups is 1. The van der Waals surface area contributed by atoms with Gasteiger partial charge in [0.15, 0.2) is 0 Å². The van der Waals surface area contributed by atoms with E-state index >= 15 is 0 Å². The zero-order valence-electron chi connectivity index (χ0n) is 9.19. The molecular weight excluding hydrogens is 230 g/mol. The summed E-state index contributed by atoms with van der Waals surface area (Å²) < 4.78 is 0. The summed E-state index contributed by atoms with van der Waals surface area (Å²) >= 11 is 0. The van der Waals surface area contributed by atoms with E-state index in [9.17, 15) is 4.79 Å². The monoisotopic (exact) mass is 249 g/mol. The Morgan fingerprint density at radius 3 is 2.75 bits per heavy atom. The molecule has 3 unspecified atom stereocenters. The Hall–Kier alpha value is -0.400. The van der Waals surface area contributed by atoms with Crippen molar-refractivity contribution in [1.29, 1.82) is 0 Å². The lowest BCUT2D eigenvalue weighted by molar-refractivity contribution is -0.126. The van der Waals surface area contributed by atoms with Crippen LogP contribution in [0, 0.1) is 0 Å². The summed E-state index contributed by atoms with van der Waals surface area (Å²) in [4.78, 5) is 13.5. The number of rotatable bonds is 1. The lowest BCUT2D eigenvalue weighted by Crippen LogP contribution is -2.66. The topological polar surface area (TPSA) is 96.4 Å². The summed E-state index contributed by atoms with van der Waals surface area (Å²) in [6.45, 7) is 1.84. The summed E-state index contributed by atoms with van der Waals surface area (Å²) in [6.07, 6.45) is 2.23. The summed E-state index contributed by atoms with van der Waals surface area (Å²) in [5, 5.41) is 5.78. The average Bonchev–Trinajstić information content (AvgIpc) is 2.16. The Kier molecular flexibility index (Phi) is 4.94. The van der Waals surface area contributed by atoms with E-state index in [0.29, 0.717) is 6.42 Å². The van der Waals surface area contributed by atoms with Gasteiger partial charge in [0.1, 0.15) is 6.29 Å². The molecule has 6 nitrogen and oxygen atoms in total. The molecule has 2 rings (SSSR count). The Morgan fingerprint density at radius 2 is 2.12 bits per heavy atom. The van der Waals surface area contributed by atoms with Gasteiger partial charge in [-0.25, -0.2) is 0 Å². The third-order valence-electron chi connectivity index (χ3n) is 3.00. The van der Waals surface area contributed by atoms with Crippen LogP contribution in [-0.4, -0.2) is 42.4 Å². The predicted octanol–water partition coefficient (Wildman–Crippen LogP) is -1.49. The van der Waals surface area contributed by atoms with Crippen molar-refractivity contribution in [2.24, 2.45) is 11.5 Å². The van der Waals surface area contributed by atoms with E-state index in [1.165, 1.54) is 0 Å². The molecule has 2 fully saturated rings. The third-order valence-corrected chi connectivity index (χ3v) is 3.00. The van der Waals surface area contributed by atoms with Crippen molar-refractivity contribution in [2.75, 3.05) is 13.1 Å². The fourth-order valence-corrected chi connectivity index (χ4v) is 2.27. The van der Waals surface area contributed by atoms with Gasteiger partial charge in [0.05, 0.1) is 12.6 Å². The molecule has 3 atom stereocenters. The molecule has 0 aromatic rings. The molecule has 2 aliphatic rings. The minimum Gasteiger partial charge on any atom is -0.328 e. The first-order valence-electron chi connectivity index (χ1n) is 5.46. The molecular formula is C9H20ClN5O. The quantitative estimate of drug-likeness (QED) is 0.454. The highest BCUT2D eigenvalue weighted by Gasteiger charge is 2.30. The molecule has 1 amide bonds. The van der Waals surface area contributed by atoms with Crippen molar-refractivity contribution >= 4 is 18.3 Å². The number of likely N-dealkylation sites (tertiary alicyclic amines) is 1. The Balaban J connectivity index is 0.00000128. The van der Waals surface area contributed by atoms with E-state index in [-0.39, 0.29) is 30.5 Å². The van der Waals surface area contributed by atoms with Crippen LogP contribution in [0.15, 0.2) is 0 Å². The van der Waals surface area contributed by atoms with Gasteiger partial charge in [0.25, 0.3) is 0 Å². The van der Waals surface area contributed by atoms with Crippen molar-refractivity contribution in [3.63, 3.8) is 0 Å². The summed E-state index contributed by atoms with van der Waals surface area (Å²) in [5.41, 5.74) is 11.6. The van der Waals surface area contributed by atoms with E-state index in [1.54, 1.807) is 0 Å². The Bertz CT molecular complexity index is 252. The van der Waals surface area contributed by atoms with Crippen LogP contribution in [0.1, 0.15) is 19.3 Å². The van der Waals surface area contributed by atoms with Crippen LogP contribution >= 0.6 is 12.4 Å². The second-order valence-electron chi connectivity index (χ2n) is 4.33. The summed E-state index contributed by atoms with van der Waals surface area (Å²) in [5.74, 6) is 0.00500. The van der Waals surface area contributed by atoms with Gasteiger partial charge in [-0.15, -0.1) is 12.4 Å². The van der Waals surface area contributed by atoms with E-state index in [2.05, 4.69) is 15.5 Å². The molecule has 2 heterocycles. The van der Waals surface area contributed by atoms with Crippen LogP contribution in [0.5, 0.6) is 0 Å². The van der Waals surface area contributed by atoms with Crippen molar-refractivity contribution < 1.29 is 4.79 Å². The van der Waals surface area contributed by atoms with Crippen LogP contribution in [-0.2, 0) is 4.79 Å². The minimum atomic E-state index is -0.436. The van der Waals surface area contributed by atoms with Crippen LogP contribution in [0.25, 0.3) is 0 Å². The standard InChI is InChI=1S/C9H19N5O.ClH/c10-6-2-1-3-14(5-6)7-4-8(15)13-9(11)12-7;/h6-7,9,12H,1-5,10-11H2,(H,13,15);1H. The van der Waals surface area contributed by atoms with Crippen LogP contribution < -0.4 is 22.1 Å². The normalized spacial score (nSPS) is 36.4. The Labute approximate surface area is 102 Å². The van der Waals surface area contributed by atoms with Gasteiger partial charge >= 0.3 is 0 Å². The number of amides is 1. The molecule has 0 aliphatic carbocycles. The number of hydrogen-bond acceptors (Lipinski definition) is 5. The molecule has 0 saturated carbocycles. The third kappa shape index (κ3) is 3.29. The van der Waals surface area contributed by atoms with E-state index < -0.39 is 6.29 Å². The van der Waals surface area contributed by atoms with Crippen LogP contribution in [0.2, 0.25) is 0 Å². The first-order valence-corrected chi connectivity index (χ1v) is 5.46. The molecule has 16 heavy (non-hydrogen) atoms. The van der Waals surface area contributed by atoms with Gasteiger partial charge in [-0.05, 0) is 19.4 Å². The molecule has 6 N–H and O–H groups in total. The molecule has 7 heteroatoms. The van der Waals surface area contributed by atoms with Gasteiger partial charge in [-0.3, -0.25) is 20.7 Å². The molecule has 0 aromatic carbocycles. The SMILES string of the molecule is Cl.NC1CCCN(C2CC(=O)NC(N)N2)C1. The highest BCUT2D eigenvalue weighted by molar-refractivity contribution is 5.85. The number of halogens is 1. The molecule has 0 radical (unpaired) electrons. The maximum absolute atomic E-state index is 11.3. The van der Waals surface area contributed by atoms with Gasteiger partial charge in [0, 0.05) is 12.6 Å². The first kappa shape index (κ1) is 13.7. The average molecular weight is 250 g/mol. The Morgan fingerprint density at radius 1 is 1.38 bits per heavy atom. The fourth-order valence-electron chi connectivity index (χ4n) is 2.27. The predicted molar refractivity (Wildman–Crippen MR) is 63.7 cm³/mol. The minimum absolute atomic E-state index is 0. The summed E-state index contributed by atoms with van der Waals surface area (Å²) in [6, 6.07) is 0.224. The number of carbonyl (C=O) groups excluding carboxylic acids is 1. The summed E-state index contributed by atoms with van der Waals surface area (Å²) in [7, 11) is 0. The van der Waals surface area contributed by atoms with Crippen LogP contribution in [0.4, 0.5) is 0 Å². The molecule has 0 bridgehead atoms. The van der Waals surface area contributed by atoms with Gasteiger partial charge in [-0.1, -0.05) is 0 Å². The lowest BCUT2D eigenvalue weighted by Gasteiger charge is -2.40. The fraction of sp³-hybridized carbons (Fsp3) is 0.889. The van der Waals surface area contributed by atoms with Gasteiger partial charge < -0.3 is 11.1 Å². The van der Waals surface area contributed by atoms with Gasteiger partial charge in [0.2, 0.25) is 5.91 Å². The molecule has 0 aromatic heterocycles. The first-order chi connectivity index (χ1) is 7.15. The van der Waals surface area contributed by atoms with Crippen molar-refractivity contribution in [3.8, 4) is 0 Å². The van der Waals surface area contributed by atoms with Crippen molar-refractivity contribution in [2.45, 2.75) is 37.8 Å². The van der Waals surface area contributed by atoms with Crippen LogP contribution in [0.3, 0.4) is 0 Å². The number of nitrogens with two attached hydrogens (primary N) is 2. The lowest BCUT2D eigenvalue weighted by atomic mass is 10.0. The van der Waals surface area contributed by atoms with Crippen molar-refractivity contribution in [3.05, 3.63) is 0 Å². The second kappa shape index (κ2) is 5.79. The number of hydrogen-bond donors (Lipinski definition) is 4. The smallest absolute Gasteiger partial charge is 0.225 e. The maximum atomic E-state index is 11.3. The zero-order valence-corrected chi connectivity index (χ0v) is 10.0. The number of nitrogens with one attached hydrogen (secondary N) is 2. The highest BCUT2D eigenvalue weighted by Crippen LogP contribution is 2.13. The second-order valence-corrected chi connectivity index (χ2v) is 4.33. The highest BCUT2D eigenvalue weighted by atomic mass is 35.5. The molecule has 0 spiro atoms. The zero-order chi connectivity index (χ0) is 10.8.